The monoisotopic (exact) mass is 328 g/mol. The Balaban J connectivity index is 1.53. The molecule has 0 radical (unpaired) electrons. The molecule has 2 fully saturated rings. The smallest absolute Gasteiger partial charge is 0.323 e. The molecule has 0 saturated heterocycles. The van der Waals surface area contributed by atoms with Gasteiger partial charge in [0, 0.05) is 12.1 Å². The van der Waals surface area contributed by atoms with Crippen molar-refractivity contribution >= 4 is 12.0 Å². The molecule has 130 valence electrons. The van der Waals surface area contributed by atoms with Crippen LogP contribution in [0.4, 0.5) is 0 Å². The van der Waals surface area contributed by atoms with Crippen LogP contribution in [0.1, 0.15) is 51.0 Å². The van der Waals surface area contributed by atoms with Crippen LogP contribution in [-0.2, 0) is 4.79 Å². The lowest BCUT2D eigenvalue weighted by Crippen LogP contribution is -2.53. The SMILES string of the molecule is CCC(=Cc1ccccc1)C1C[C@@H]1NC1CCC(N)(C(=O)O)CC1. The van der Waals surface area contributed by atoms with E-state index in [1.807, 2.05) is 6.07 Å². The van der Waals surface area contributed by atoms with Gasteiger partial charge in [-0.05, 0) is 50.0 Å². The van der Waals surface area contributed by atoms with Gasteiger partial charge in [-0.1, -0.05) is 48.9 Å². The van der Waals surface area contributed by atoms with Gasteiger partial charge in [-0.2, -0.15) is 0 Å². The number of benzene rings is 1. The molecule has 1 aromatic rings. The molecule has 0 aromatic heterocycles. The fraction of sp³-hybridized carbons (Fsp3) is 0.550. The molecule has 2 aliphatic carbocycles. The Morgan fingerprint density at radius 1 is 1.33 bits per heavy atom. The summed E-state index contributed by atoms with van der Waals surface area (Å²) in [4.78, 5) is 11.2. The Labute approximate surface area is 144 Å². The molecule has 3 rings (SSSR count). The highest BCUT2D eigenvalue weighted by Crippen LogP contribution is 2.41. The van der Waals surface area contributed by atoms with Crippen LogP contribution >= 0.6 is 0 Å². The molecule has 4 N–H and O–H groups in total. The summed E-state index contributed by atoms with van der Waals surface area (Å²) in [6, 6.07) is 11.4. The summed E-state index contributed by atoms with van der Waals surface area (Å²) in [7, 11) is 0. The topological polar surface area (TPSA) is 75.3 Å². The maximum absolute atomic E-state index is 11.2. The summed E-state index contributed by atoms with van der Waals surface area (Å²) in [5, 5.41) is 12.9. The number of carboxylic acid groups (broad SMARTS) is 1. The number of aliphatic carboxylic acids is 1. The van der Waals surface area contributed by atoms with E-state index in [9.17, 15) is 9.90 Å². The molecule has 0 spiro atoms. The van der Waals surface area contributed by atoms with Gasteiger partial charge < -0.3 is 16.2 Å². The lowest BCUT2D eigenvalue weighted by Gasteiger charge is -2.34. The standard InChI is InChI=1S/C20H28N2O2/c1-2-15(12-14-6-4-3-5-7-14)17-13-18(17)22-16-8-10-20(21,11-9-16)19(23)24/h3-7,12,16-18,22H,2,8-11,13,21H2,1H3,(H,23,24)/t16?,17?,18-,20?/m0/s1. The fourth-order valence-corrected chi connectivity index (χ4v) is 3.84. The molecule has 0 aliphatic heterocycles. The maximum Gasteiger partial charge on any atom is 0.323 e. The normalized spacial score (nSPS) is 33.2. The van der Waals surface area contributed by atoms with Gasteiger partial charge in [-0.15, -0.1) is 0 Å². The number of carbonyl (C=O) groups is 1. The molecule has 4 heteroatoms. The summed E-state index contributed by atoms with van der Waals surface area (Å²) >= 11 is 0. The number of nitrogens with two attached hydrogens (primary N) is 1. The van der Waals surface area contributed by atoms with Crippen LogP contribution in [0.3, 0.4) is 0 Å². The predicted octanol–water partition coefficient (Wildman–Crippen LogP) is 3.18. The third kappa shape index (κ3) is 3.87. The molecule has 1 aromatic carbocycles. The quantitative estimate of drug-likeness (QED) is 0.750. The minimum atomic E-state index is -1.01. The van der Waals surface area contributed by atoms with E-state index in [1.165, 1.54) is 17.6 Å². The Bertz CT molecular complexity index is 603. The number of carboxylic acids is 1. The first kappa shape index (κ1) is 17.2. The molecule has 2 aliphatic rings. The molecular weight excluding hydrogens is 300 g/mol. The van der Waals surface area contributed by atoms with Gasteiger partial charge in [-0.3, -0.25) is 4.79 Å². The molecule has 2 saturated carbocycles. The highest BCUT2D eigenvalue weighted by molar-refractivity contribution is 5.78. The van der Waals surface area contributed by atoms with Gasteiger partial charge in [0.1, 0.15) is 5.54 Å². The third-order valence-corrected chi connectivity index (χ3v) is 5.58. The molecule has 0 amide bonds. The highest BCUT2D eigenvalue weighted by Gasteiger charge is 2.43. The number of hydrogen-bond acceptors (Lipinski definition) is 3. The summed E-state index contributed by atoms with van der Waals surface area (Å²) in [5.74, 6) is -0.233. The van der Waals surface area contributed by atoms with Crippen molar-refractivity contribution in [3.63, 3.8) is 0 Å². The first-order chi connectivity index (χ1) is 11.5. The van der Waals surface area contributed by atoms with Crippen LogP contribution in [0, 0.1) is 5.92 Å². The molecule has 0 heterocycles. The summed E-state index contributed by atoms with van der Waals surface area (Å²) in [6.45, 7) is 2.22. The first-order valence-corrected chi connectivity index (χ1v) is 9.05. The van der Waals surface area contributed by atoms with Gasteiger partial charge >= 0.3 is 5.97 Å². The minimum Gasteiger partial charge on any atom is -0.480 e. The second kappa shape index (κ2) is 7.08. The second-order valence-corrected chi connectivity index (χ2v) is 7.33. The van der Waals surface area contributed by atoms with Crippen molar-refractivity contribution in [1.29, 1.82) is 0 Å². The molecule has 24 heavy (non-hydrogen) atoms. The molecule has 4 nitrogen and oxygen atoms in total. The Hall–Kier alpha value is -1.65. The van der Waals surface area contributed by atoms with E-state index in [0.29, 0.717) is 30.8 Å². The number of rotatable bonds is 6. The van der Waals surface area contributed by atoms with Crippen molar-refractivity contribution in [1.82, 2.24) is 5.32 Å². The lowest BCUT2D eigenvalue weighted by molar-refractivity contribution is -0.144. The zero-order chi connectivity index (χ0) is 17.2. The average Bonchev–Trinajstić information content (AvgIpc) is 3.34. The van der Waals surface area contributed by atoms with Crippen molar-refractivity contribution in [2.24, 2.45) is 11.7 Å². The van der Waals surface area contributed by atoms with Crippen molar-refractivity contribution in [2.75, 3.05) is 0 Å². The van der Waals surface area contributed by atoms with Crippen LogP contribution in [-0.4, -0.2) is 28.7 Å². The van der Waals surface area contributed by atoms with Crippen LogP contribution in [0.25, 0.3) is 6.08 Å². The Morgan fingerprint density at radius 3 is 2.58 bits per heavy atom. The van der Waals surface area contributed by atoms with Gasteiger partial charge in [0.2, 0.25) is 0 Å². The average molecular weight is 328 g/mol. The van der Waals surface area contributed by atoms with Crippen LogP contribution in [0.5, 0.6) is 0 Å². The van der Waals surface area contributed by atoms with E-state index in [-0.39, 0.29) is 0 Å². The van der Waals surface area contributed by atoms with Gasteiger partial charge in [0.05, 0.1) is 0 Å². The Morgan fingerprint density at radius 2 is 2.00 bits per heavy atom. The minimum absolute atomic E-state index is 0.408. The highest BCUT2D eigenvalue weighted by atomic mass is 16.4. The van der Waals surface area contributed by atoms with Crippen LogP contribution < -0.4 is 11.1 Å². The lowest BCUT2D eigenvalue weighted by atomic mass is 9.80. The fourth-order valence-electron chi connectivity index (χ4n) is 3.84. The van der Waals surface area contributed by atoms with Crippen molar-refractivity contribution in [2.45, 2.75) is 63.1 Å². The number of nitrogens with one attached hydrogen (secondary N) is 1. The van der Waals surface area contributed by atoms with Crippen LogP contribution in [0.2, 0.25) is 0 Å². The zero-order valence-electron chi connectivity index (χ0n) is 14.4. The second-order valence-electron chi connectivity index (χ2n) is 7.33. The van der Waals surface area contributed by atoms with E-state index in [1.54, 1.807) is 0 Å². The molecule has 1 unspecified atom stereocenters. The van der Waals surface area contributed by atoms with E-state index >= 15 is 0 Å². The molecular formula is C20H28N2O2. The zero-order valence-corrected chi connectivity index (χ0v) is 14.4. The van der Waals surface area contributed by atoms with E-state index in [4.69, 9.17) is 5.73 Å². The van der Waals surface area contributed by atoms with Crippen molar-refractivity contribution in [3.05, 3.63) is 41.5 Å². The van der Waals surface area contributed by atoms with E-state index in [0.717, 1.165) is 19.3 Å². The third-order valence-electron chi connectivity index (χ3n) is 5.58. The predicted molar refractivity (Wildman–Crippen MR) is 96.6 cm³/mol. The summed E-state index contributed by atoms with van der Waals surface area (Å²) in [5.41, 5.74) is 7.72. The molecule has 2 atom stereocenters. The van der Waals surface area contributed by atoms with Crippen molar-refractivity contribution in [3.8, 4) is 0 Å². The summed E-state index contributed by atoms with van der Waals surface area (Å²) in [6.07, 6.45) is 7.44. The summed E-state index contributed by atoms with van der Waals surface area (Å²) < 4.78 is 0. The van der Waals surface area contributed by atoms with Gasteiger partial charge in [0.15, 0.2) is 0 Å². The van der Waals surface area contributed by atoms with E-state index < -0.39 is 11.5 Å². The Kier molecular flexibility index (Phi) is 5.07. The maximum atomic E-state index is 11.2. The number of hydrogen-bond donors (Lipinski definition) is 3. The largest absolute Gasteiger partial charge is 0.480 e. The first-order valence-electron chi connectivity index (χ1n) is 9.05. The van der Waals surface area contributed by atoms with Crippen LogP contribution in [0.15, 0.2) is 35.9 Å². The van der Waals surface area contributed by atoms with Crippen molar-refractivity contribution < 1.29 is 9.90 Å². The van der Waals surface area contributed by atoms with E-state index in [2.05, 4.69) is 42.6 Å². The molecule has 0 bridgehead atoms. The van der Waals surface area contributed by atoms with Gasteiger partial charge in [0.25, 0.3) is 0 Å². The van der Waals surface area contributed by atoms with Gasteiger partial charge in [-0.25, -0.2) is 0 Å².